The van der Waals surface area contributed by atoms with Crippen LogP contribution in [0.3, 0.4) is 0 Å². The first kappa shape index (κ1) is 17.8. The molecule has 18 heavy (non-hydrogen) atoms. The van der Waals surface area contributed by atoms with E-state index in [9.17, 15) is 5.11 Å². The Hall–Kier alpha value is -0.220. The largest absolute Gasteiger partial charge is 0.506 e. The third-order valence-corrected chi connectivity index (χ3v) is 3.13. The molecule has 0 aliphatic rings. The molecule has 0 atom stereocenters. The van der Waals surface area contributed by atoms with Gasteiger partial charge in [0.15, 0.2) is 0 Å². The summed E-state index contributed by atoms with van der Waals surface area (Å²) in [4.78, 5) is 6.32. The van der Waals surface area contributed by atoms with E-state index in [0.717, 1.165) is 24.2 Å². The SMILES string of the molecule is Cc1ncc(CN(CCCl)CCCl)c(C)c1O.Cl. The predicted octanol–water partition coefficient (Wildman–Crippen LogP) is 3.11. The zero-order valence-electron chi connectivity index (χ0n) is 10.6. The molecule has 1 aromatic rings. The number of hydrogen-bond acceptors (Lipinski definition) is 3. The number of alkyl halides is 2. The van der Waals surface area contributed by atoms with E-state index in [2.05, 4.69) is 9.88 Å². The van der Waals surface area contributed by atoms with Crippen molar-refractivity contribution in [3.8, 4) is 5.75 Å². The molecular weight excluding hydrogens is 295 g/mol. The summed E-state index contributed by atoms with van der Waals surface area (Å²) in [6, 6.07) is 0. The quantitative estimate of drug-likeness (QED) is 0.820. The van der Waals surface area contributed by atoms with Gasteiger partial charge in [-0.15, -0.1) is 35.6 Å². The van der Waals surface area contributed by atoms with Crippen LogP contribution in [-0.4, -0.2) is 39.8 Å². The highest BCUT2D eigenvalue weighted by atomic mass is 35.5. The van der Waals surface area contributed by atoms with E-state index in [1.54, 1.807) is 13.1 Å². The lowest BCUT2D eigenvalue weighted by atomic mass is 10.1. The molecular formula is C12H19Cl3N2O. The van der Waals surface area contributed by atoms with E-state index in [4.69, 9.17) is 23.2 Å². The minimum Gasteiger partial charge on any atom is -0.506 e. The molecule has 0 saturated heterocycles. The molecule has 0 aromatic carbocycles. The van der Waals surface area contributed by atoms with Crippen LogP contribution in [0.25, 0.3) is 0 Å². The van der Waals surface area contributed by atoms with Gasteiger partial charge in [0.05, 0.1) is 5.69 Å². The van der Waals surface area contributed by atoms with Crippen molar-refractivity contribution in [2.75, 3.05) is 24.8 Å². The van der Waals surface area contributed by atoms with Crippen molar-refractivity contribution in [3.63, 3.8) is 0 Å². The lowest BCUT2D eigenvalue weighted by molar-refractivity contribution is 0.297. The Labute approximate surface area is 125 Å². The Bertz CT molecular complexity index is 369. The molecule has 0 aliphatic carbocycles. The minimum atomic E-state index is 0. The van der Waals surface area contributed by atoms with Crippen LogP contribution in [0.1, 0.15) is 16.8 Å². The number of aromatic hydroxyl groups is 1. The third kappa shape index (κ3) is 4.81. The van der Waals surface area contributed by atoms with E-state index >= 15 is 0 Å². The van der Waals surface area contributed by atoms with Crippen LogP contribution in [0.2, 0.25) is 0 Å². The fourth-order valence-corrected chi connectivity index (χ4v) is 2.14. The second kappa shape index (κ2) is 8.81. The molecule has 1 heterocycles. The second-order valence-corrected chi connectivity index (χ2v) is 4.75. The van der Waals surface area contributed by atoms with Crippen molar-refractivity contribution < 1.29 is 5.11 Å². The third-order valence-electron chi connectivity index (χ3n) is 2.79. The Kier molecular flexibility index (Phi) is 8.70. The smallest absolute Gasteiger partial charge is 0.139 e. The highest BCUT2D eigenvalue weighted by molar-refractivity contribution is 6.18. The number of hydrogen-bond donors (Lipinski definition) is 1. The van der Waals surface area contributed by atoms with Crippen LogP contribution < -0.4 is 0 Å². The topological polar surface area (TPSA) is 36.4 Å². The van der Waals surface area contributed by atoms with Crippen LogP contribution in [-0.2, 0) is 6.54 Å². The van der Waals surface area contributed by atoms with Crippen molar-refractivity contribution in [1.29, 1.82) is 0 Å². The van der Waals surface area contributed by atoms with E-state index in [0.29, 0.717) is 24.0 Å². The Morgan fingerprint density at radius 1 is 1.22 bits per heavy atom. The summed E-state index contributed by atoms with van der Waals surface area (Å²) >= 11 is 11.5. The fourth-order valence-electron chi connectivity index (χ4n) is 1.67. The summed E-state index contributed by atoms with van der Waals surface area (Å²) in [7, 11) is 0. The number of rotatable bonds is 6. The molecule has 0 spiro atoms. The number of aromatic nitrogens is 1. The molecule has 0 amide bonds. The maximum atomic E-state index is 9.83. The Balaban J connectivity index is 0.00000289. The molecule has 0 unspecified atom stereocenters. The number of nitrogens with zero attached hydrogens (tertiary/aromatic N) is 2. The van der Waals surface area contributed by atoms with Crippen LogP contribution >= 0.6 is 35.6 Å². The number of halogens is 3. The minimum absolute atomic E-state index is 0. The van der Waals surface area contributed by atoms with Crippen molar-refractivity contribution in [1.82, 2.24) is 9.88 Å². The maximum absolute atomic E-state index is 9.83. The standard InChI is InChI=1S/C12H18Cl2N2O.ClH/c1-9-11(7-15-10(2)12(9)17)8-16(5-3-13)6-4-14;/h7,17H,3-6,8H2,1-2H3;1H. The first-order valence-electron chi connectivity index (χ1n) is 5.58. The van der Waals surface area contributed by atoms with Gasteiger partial charge in [-0.3, -0.25) is 9.88 Å². The van der Waals surface area contributed by atoms with Crippen LogP contribution in [0.4, 0.5) is 0 Å². The molecule has 1 rings (SSSR count). The van der Waals surface area contributed by atoms with Crippen LogP contribution in [0.5, 0.6) is 5.75 Å². The monoisotopic (exact) mass is 312 g/mol. The van der Waals surface area contributed by atoms with E-state index in [1.165, 1.54) is 0 Å². The summed E-state index contributed by atoms with van der Waals surface area (Å²) in [5.74, 6) is 1.42. The molecule has 6 heteroatoms. The van der Waals surface area contributed by atoms with Gasteiger partial charge in [0.1, 0.15) is 5.75 Å². The van der Waals surface area contributed by atoms with E-state index in [1.807, 2.05) is 6.92 Å². The first-order chi connectivity index (χ1) is 8.10. The zero-order valence-corrected chi connectivity index (χ0v) is 12.9. The van der Waals surface area contributed by atoms with Crippen LogP contribution in [0.15, 0.2) is 6.20 Å². The number of pyridine rings is 1. The van der Waals surface area contributed by atoms with Gasteiger partial charge in [-0.1, -0.05) is 0 Å². The average molecular weight is 314 g/mol. The summed E-state index contributed by atoms with van der Waals surface area (Å²) in [6.45, 7) is 5.97. The molecule has 104 valence electrons. The summed E-state index contributed by atoms with van der Waals surface area (Å²) in [5.41, 5.74) is 2.56. The van der Waals surface area contributed by atoms with E-state index in [-0.39, 0.29) is 18.2 Å². The normalized spacial score (nSPS) is 10.5. The number of aryl methyl sites for hydroxylation is 1. The first-order valence-corrected chi connectivity index (χ1v) is 6.65. The lowest BCUT2D eigenvalue weighted by Crippen LogP contribution is -2.27. The Morgan fingerprint density at radius 2 is 1.78 bits per heavy atom. The van der Waals surface area contributed by atoms with Gasteiger partial charge >= 0.3 is 0 Å². The molecule has 0 saturated carbocycles. The average Bonchev–Trinajstić information content (AvgIpc) is 2.30. The molecule has 1 N–H and O–H groups in total. The zero-order chi connectivity index (χ0) is 12.8. The maximum Gasteiger partial charge on any atom is 0.139 e. The molecule has 1 aromatic heterocycles. The summed E-state index contributed by atoms with van der Waals surface area (Å²) < 4.78 is 0. The van der Waals surface area contributed by atoms with Crippen molar-refractivity contribution >= 4 is 35.6 Å². The van der Waals surface area contributed by atoms with E-state index < -0.39 is 0 Å². The Morgan fingerprint density at radius 3 is 2.28 bits per heavy atom. The fraction of sp³-hybridized carbons (Fsp3) is 0.583. The van der Waals surface area contributed by atoms with Gasteiger partial charge < -0.3 is 5.11 Å². The van der Waals surface area contributed by atoms with Gasteiger partial charge in [-0.2, -0.15) is 0 Å². The van der Waals surface area contributed by atoms with Crippen LogP contribution in [0, 0.1) is 13.8 Å². The molecule has 0 aliphatic heterocycles. The van der Waals surface area contributed by atoms with Gasteiger partial charge in [-0.05, 0) is 25.0 Å². The van der Waals surface area contributed by atoms with Gasteiger partial charge in [0.25, 0.3) is 0 Å². The summed E-state index contributed by atoms with van der Waals surface area (Å²) in [6.07, 6.45) is 1.81. The predicted molar refractivity (Wildman–Crippen MR) is 79.3 cm³/mol. The molecule has 0 radical (unpaired) electrons. The van der Waals surface area contributed by atoms with Crippen molar-refractivity contribution in [3.05, 3.63) is 23.0 Å². The lowest BCUT2D eigenvalue weighted by Gasteiger charge is -2.21. The molecule has 3 nitrogen and oxygen atoms in total. The van der Waals surface area contributed by atoms with Crippen molar-refractivity contribution in [2.24, 2.45) is 0 Å². The van der Waals surface area contributed by atoms with Gasteiger partial charge in [0.2, 0.25) is 0 Å². The van der Waals surface area contributed by atoms with Gasteiger partial charge in [-0.25, -0.2) is 0 Å². The highest BCUT2D eigenvalue weighted by Gasteiger charge is 2.11. The van der Waals surface area contributed by atoms with Gasteiger partial charge in [0, 0.05) is 37.6 Å². The summed E-state index contributed by atoms with van der Waals surface area (Å²) in [5, 5.41) is 9.83. The molecule has 0 bridgehead atoms. The highest BCUT2D eigenvalue weighted by Crippen LogP contribution is 2.23. The molecule has 0 fully saturated rings. The van der Waals surface area contributed by atoms with Crippen molar-refractivity contribution in [2.45, 2.75) is 20.4 Å². The second-order valence-electron chi connectivity index (χ2n) is 4.00.